The Balaban J connectivity index is 2.20. The van der Waals surface area contributed by atoms with Crippen LogP contribution >= 0.6 is 11.8 Å². The summed E-state index contributed by atoms with van der Waals surface area (Å²) in [5, 5.41) is 4.38. The summed E-state index contributed by atoms with van der Waals surface area (Å²) in [6.07, 6.45) is 4.40. The van der Waals surface area contributed by atoms with E-state index in [1.165, 1.54) is 16.7 Å². The minimum Gasteiger partial charge on any atom is -0.106 e. The molecule has 0 saturated carbocycles. The second-order valence-corrected chi connectivity index (χ2v) is 4.19. The molecule has 0 nitrogen and oxygen atoms in total. The van der Waals surface area contributed by atoms with Gasteiger partial charge in [0.1, 0.15) is 0 Å². The lowest BCUT2D eigenvalue weighted by molar-refractivity contribution is 1.14. The molecule has 1 aromatic rings. The molecule has 1 heterocycles. The van der Waals surface area contributed by atoms with Crippen LogP contribution in [0.2, 0.25) is 0 Å². The second-order valence-electron chi connectivity index (χ2n) is 3.41. The van der Waals surface area contributed by atoms with Gasteiger partial charge in [0, 0.05) is 0 Å². The molecule has 0 fully saturated rings. The van der Waals surface area contributed by atoms with Gasteiger partial charge in [-0.1, -0.05) is 37.3 Å². The Hall–Kier alpha value is -0.950. The van der Waals surface area contributed by atoms with Crippen molar-refractivity contribution in [3.8, 4) is 0 Å². The Morgan fingerprint density at radius 2 is 2.00 bits per heavy atom. The number of hydrogen-bond acceptors (Lipinski definition) is 1. The smallest absolute Gasteiger partial charge is 0.00780 e. The average molecular weight is 202 g/mol. The van der Waals surface area contributed by atoms with Crippen molar-refractivity contribution < 1.29 is 0 Å². The SMILES string of the molecule is CCc1ccc(C2=CSC=CC2)cc1. The van der Waals surface area contributed by atoms with Crippen LogP contribution in [-0.2, 0) is 6.42 Å². The molecule has 0 unspecified atom stereocenters. The first-order chi connectivity index (χ1) is 6.90. The van der Waals surface area contributed by atoms with Crippen molar-refractivity contribution >= 4 is 17.3 Å². The van der Waals surface area contributed by atoms with Crippen molar-refractivity contribution in [1.82, 2.24) is 0 Å². The number of benzene rings is 1. The lowest BCUT2D eigenvalue weighted by Crippen LogP contribution is -1.86. The summed E-state index contributed by atoms with van der Waals surface area (Å²) in [6.45, 7) is 2.19. The molecule has 0 aliphatic carbocycles. The highest BCUT2D eigenvalue weighted by molar-refractivity contribution is 8.05. The van der Waals surface area contributed by atoms with E-state index < -0.39 is 0 Å². The van der Waals surface area contributed by atoms with Crippen LogP contribution in [0.25, 0.3) is 5.57 Å². The fraction of sp³-hybridized carbons (Fsp3) is 0.231. The van der Waals surface area contributed by atoms with Gasteiger partial charge >= 0.3 is 0 Å². The Morgan fingerprint density at radius 3 is 2.57 bits per heavy atom. The number of aryl methyl sites for hydroxylation is 1. The Morgan fingerprint density at radius 1 is 1.21 bits per heavy atom. The van der Waals surface area contributed by atoms with E-state index in [0.717, 1.165) is 12.8 Å². The molecule has 1 aliphatic rings. The molecule has 0 aromatic heterocycles. The summed E-state index contributed by atoms with van der Waals surface area (Å²) in [5.41, 5.74) is 4.20. The second kappa shape index (κ2) is 4.52. The van der Waals surface area contributed by atoms with Crippen LogP contribution in [0.15, 0.2) is 41.2 Å². The topological polar surface area (TPSA) is 0 Å². The van der Waals surface area contributed by atoms with E-state index in [2.05, 4.69) is 48.1 Å². The van der Waals surface area contributed by atoms with Crippen molar-refractivity contribution in [2.45, 2.75) is 19.8 Å². The third kappa shape index (κ3) is 2.10. The largest absolute Gasteiger partial charge is 0.106 e. The normalized spacial score (nSPS) is 15.4. The van der Waals surface area contributed by atoms with Crippen LogP contribution in [0.4, 0.5) is 0 Å². The predicted octanol–water partition coefficient (Wildman–Crippen LogP) is 4.24. The fourth-order valence-electron chi connectivity index (χ4n) is 1.54. The molecule has 0 radical (unpaired) electrons. The maximum Gasteiger partial charge on any atom is -0.00780 e. The zero-order valence-electron chi connectivity index (χ0n) is 8.36. The van der Waals surface area contributed by atoms with Crippen molar-refractivity contribution in [2.24, 2.45) is 0 Å². The van der Waals surface area contributed by atoms with Gasteiger partial charge in [-0.05, 0) is 40.4 Å². The summed E-state index contributed by atoms with van der Waals surface area (Å²) in [4.78, 5) is 0. The van der Waals surface area contributed by atoms with Gasteiger partial charge in [-0.2, -0.15) is 0 Å². The molecule has 2 rings (SSSR count). The molecular weight excluding hydrogens is 188 g/mol. The molecule has 0 saturated heterocycles. The van der Waals surface area contributed by atoms with E-state index in [4.69, 9.17) is 0 Å². The summed E-state index contributed by atoms with van der Waals surface area (Å²) in [7, 11) is 0. The highest BCUT2D eigenvalue weighted by Crippen LogP contribution is 2.27. The quantitative estimate of drug-likeness (QED) is 0.691. The van der Waals surface area contributed by atoms with Gasteiger partial charge in [0.25, 0.3) is 0 Å². The highest BCUT2D eigenvalue weighted by Gasteiger charge is 2.02. The zero-order valence-corrected chi connectivity index (χ0v) is 9.18. The van der Waals surface area contributed by atoms with E-state index in [-0.39, 0.29) is 0 Å². The third-order valence-electron chi connectivity index (χ3n) is 2.46. The van der Waals surface area contributed by atoms with E-state index in [0.29, 0.717) is 0 Å². The Kier molecular flexibility index (Phi) is 3.10. The molecule has 0 bridgehead atoms. The Bertz CT molecular complexity index is 357. The minimum absolute atomic E-state index is 1.07. The van der Waals surface area contributed by atoms with Crippen molar-refractivity contribution in [2.75, 3.05) is 0 Å². The molecular formula is C13H14S. The molecule has 0 spiro atoms. The fourth-order valence-corrected chi connectivity index (χ4v) is 2.22. The first-order valence-corrected chi connectivity index (χ1v) is 5.93. The monoisotopic (exact) mass is 202 g/mol. The van der Waals surface area contributed by atoms with E-state index in [1.54, 1.807) is 11.8 Å². The summed E-state index contributed by atoms with van der Waals surface area (Å²) < 4.78 is 0. The number of rotatable bonds is 2. The van der Waals surface area contributed by atoms with Gasteiger partial charge in [0.2, 0.25) is 0 Å². The molecule has 1 heteroatoms. The zero-order chi connectivity index (χ0) is 9.80. The van der Waals surface area contributed by atoms with Crippen molar-refractivity contribution in [3.63, 3.8) is 0 Å². The molecule has 72 valence electrons. The molecule has 14 heavy (non-hydrogen) atoms. The van der Waals surface area contributed by atoms with Crippen molar-refractivity contribution in [3.05, 3.63) is 52.3 Å². The summed E-state index contributed by atoms with van der Waals surface area (Å²) in [5.74, 6) is 0. The van der Waals surface area contributed by atoms with E-state index >= 15 is 0 Å². The third-order valence-corrected chi connectivity index (χ3v) is 3.23. The Labute approximate surface area is 89.7 Å². The molecule has 0 atom stereocenters. The molecule has 0 amide bonds. The standard InChI is InChI=1S/C13H14S/c1-2-11-5-7-12(8-6-11)13-4-3-9-14-10-13/h3,5-10H,2,4H2,1H3. The van der Waals surface area contributed by atoms with Gasteiger partial charge in [-0.25, -0.2) is 0 Å². The van der Waals surface area contributed by atoms with Crippen LogP contribution in [-0.4, -0.2) is 0 Å². The first-order valence-electron chi connectivity index (χ1n) is 4.99. The number of thioether (sulfide) groups is 1. The van der Waals surface area contributed by atoms with Crippen LogP contribution in [0.1, 0.15) is 24.5 Å². The van der Waals surface area contributed by atoms with Gasteiger partial charge < -0.3 is 0 Å². The predicted molar refractivity (Wildman–Crippen MR) is 65.1 cm³/mol. The highest BCUT2D eigenvalue weighted by atomic mass is 32.2. The van der Waals surface area contributed by atoms with Gasteiger partial charge in [0.15, 0.2) is 0 Å². The van der Waals surface area contributed by atoms with E-state index in [1.807, 2.05) is 0 Å². The van der Waals surface area contributed by atoms with Crippen LogP contribution < -0.4 is 0 Å². The summed E-state index contributed by atoms with van der Waals surface area (Å²) in [6, 6.07) is 8.90. The maximum atomic E-state index is 2.24. The maximum absolute atomic E-state index is 2.24. The first kappa shape index (κ1) is 9.60. The van der Waals surface area contributed by atoms with E-state index in [9.17, 15) is 0 Å². The number of allylic oxidation sites excluding steroid dienone is 2. The van der Waals surface area contributed by atoms with Gasteiger partial charge in [0.05, 0.1) is 0 Å². The molecule has 1 aliphatic heterocycles. The average Bonchev–Trinajstić information content (AvgIpc) is 2.30. The van der Waals surface area contributed by atoms with Gasteiger partial charge in [-0.15, -0.1) is 11.8 Å². The lowest BCUT2D eigenvalue weighted by atomic mass is 10.0. The molecule has 1 aromatic carbocycles. The lowest BCUT2D eigenvalue weighted by Gasteiger charge is -2.08. The van der Waals surface area contributed by atoms with Crippen LogP contribution in [0.3, 0.4) is 0 Å². The van der Waals surface area contributed by atoms with Crippen LogP contribution in [0.5, 0.6) is 0 Å². The minimum atomic E-state index is 1.07. The van der Waals surface area contributed by atoms with Crippen molar-refractivity contribution in [1.29, 1.82) is 0 Å². The van der Waals surface area contributed by atoms with Gasteiger partial charge in [-0.3, -0.25) is 0 Å². The molecule has 0 N–H and O–H groups in total. The summed E-state index contributed by atoms with van der Waals surface area (Å²) >= 11 is 1.77. The van der Waals surface area contributed by atoms with Crippen LogP contribution in [0, 0.1) is 0 Å². The number of hydrogen-bond donors (Lipinski definition) is 0.